The Hall–Kier alpha value is -0.770. The fourth-order valence-electron chi connectivity index (χ4n) is 2.67. The van der Waals surface area contributed by atoms with Crippen molar-refractivity contribution in [3.8, 4) is 0 Å². The lowest BCUT2D eigenvalue weighted by Crippen LogP contribution is -2.29. The van der Waals surface area contributed by atoms with Gasteiger partial charge in [-0.2, -0.15) is 0 Å². The highest BCUT2D eigenvalue weighted by molar-refractivity contribution is 9.09. The van der Waals surface area contributed by atoms with Crippen molar-refractivity contribution in [3.63, 3.8) is 0 Å². The summed E-state index contributed by atoms with van der Waals surface area (Å²) in [4.78, 5) is 14.5. The molecule has 3 nitrogen and oxygen atoms in total. The van der Waals surface area contributed by atoms with Gasteiger partial charge in [0.1, 0.15) is 11.5 Å². The molecule has 1 atom stereocenters. The molecule has 2 rings (SSSR count). The number of alkyl halides is 1. The molecule has 0 bridgehead atoms. The number of hydrogen-bond acceptors (Lipinski definition) is 2. The van der Waals surface area contributed by atoms with Crippen molar-refractivity contribution >= 4 is 21.8 Å². The van der Waals surface area contributed by atoms with Crippen molar-refractivity contribution < 1.29 is 9.21 Å². The standard InChI is InChI=1S/C14H20BrNO2/c1-9-10(2)18-11(3)13(9)14(17)16-7-5-12(8-16)4-6-15/h12H,4-8H2,1-3H3. The smallest absolute Gasteiger partial charge is 0.257 e. The molecule has 1 unspecified atom stereocenters. The lowest BCUT2D eigenvalue weighted by Gasteiger charge is -2.16. The minimum atomic E-state index is 0.138. The molecule has 0 aromatic carbocycles. The number of aryl methyl sites for hydroxylation is 2. The molecule has 0 radical (unpaired) electrons. The summed E-state index contributed by atoms with van der Waals surface area (Å²) in [6.45, 7) is 7.51. The Morgan fingerprint density at radius 2 is 2.11 bits per heavy atom. The summed E-state index contributed by atoms with van der Waals surface area (Å²) in [5.74, 6) is 2.38. The highest BCUT2D eigenvalue weighted by atomic mass is 79.9. The minimum Gasteiger partial charge on any atom is -0.466 e. The molecule has 1 aromatic heterocycles. The van der Waals surface area contributed by atoms with Crippen LogP contribution in [0.1, 0.15) is 40.3 Å². The van der Waals surface area contributed by atoms with Crippen LogP contribution < -0.4 is 0 Å². The number of nitrogens with zero attached hydrogens (tertiary/aromatic N) is 1. The Labute approximate surface area is 117 Å². The number of likely N-dealkylation sites (tertiary alicyclic amines) is 1. The van der Waals surface area contributed by atoms with Crippen LogP contribution in [0, 0.1) is 26.7 Å². The summed E-state index contributed by atoms with van der Waals surface area (Å²) in [5, 5.41) is 1.02. The van der Waals surface area contributed by atoms with Gasteiger partial charge in [-0.1, -0.05) is 15.9 Å². The average molecular weight is 314 g/mol. The Morgan fingerprint density at radius 1 is 1.39 bits per heavy atom. The Kier molecular flexibility index (Phi) is 4.15. The van der Waals surface area contributed by atoms with Gasteiger partial charge in [0, 0.05) is 24.0 Å². The van der Waals surface area contributed by atoms with Gasteiger partial charge in [-0.15, -0.1) is 0 Å². The van der Waals surface area contributed by atoms with Gasteiger partial charge in [0.2, 0.25) is 0 Å². The van der Waals surface area contributed by atoms with E-state index >= 15 is 0 Å². The van der Waals surface area contributed by atoms with Crippen LogP contribution in [0.5, 0.6) is 0 Å². The van der Waals surface area contributed by atoms with Gasteiger partial charge < -0.3 is 9.32 Å². The second-order valence-electron chi connectivity index (χ2n) is 5.10. The fourth-order valence-corrected chi connectivity index (χ4v) is 3.32. The third kappa shape index (κ3) is 2.48. The van der Waals surface area contributed by atoms with Crippen LogP contribution in [0.25, 0.3) is 0 Å². The maximum atomic E-state index is 12.5. The van der Waals surface area contributed by atoms with Crippen molar-refractivity contribution in [1.82, 2.24) is 4.90 Å². The molecule has 0 saturated carbocycles. The van der Waals surface area contributed by atoms with Crippen molar-refractivity contribution in [2.45, 2.75) is 33.6 Å². The minimum absolute atomic E-state index is 0.138. The Morgan fingerprint density at radius 3 is 2.67 bits per heavy atom. The highest BCUT2D eigenvalue weighted by Gasteiger charge is 2.29. The summed E-state index contributed by atoms with van der Waals surface area (Å²) in [5.41, 5.74) is 1.76. The molecule has 0 aliphatic carbocycles. The number of rotatable bonds is 3. The van der Waals surface area contributed by atoms with Crippen molar-refractivity contribution in [2.24, 2.45) is 5.92 Å². The number of hydrogen-bond donors (Lipinski definition) is 0. The van der Waals surface area contributed by atoms with E-state index in [9.17, 15) is 4.79 Å². The van der Waals surface area contributed by atoms with Crippen LogP contribution in [-0.4, -0.2) is 29.2 Å². The third-order valence-corrected chi connectivity index (χ3v) is 4.32. The van der Waals surface area contributed by atoms with Crippen LogP contribution >= 0.6 is 15.9 Å². The van der Waals surface area contributed by atoms with E-state index in [1.54, 1.807) is 0 Å². The van der Waals surface area contributed by atoms with Gasteiger partial charge in [0.25, 0.3) is 5.91 Å². The number of carbonyl (C=O) groups is 1. The maximum absolute atomic E-state index is 12.5. The van der Waals surface area contributed by atoms with Gasteiger partial charge in [-0.05, 0) is 39.5 Å². The molecule has 100 valence electrons. The molecule has 2 heterocycles. The first-order valence-corrected chi connectivity index (χ1v) is 7.58. The van der Waals surface area contributed by atoms with Gasteiger partial charge in [-0.25, -0.2) is 0 Å². The van der Waals surface area contributed by atoms with Gasteiger partial charge in [0.15, 0.2) is 0 Å². The molecule has 1 fully saturated rings. The highest BCUT2D eigenvalue weighted by Crippen LogP contribution is 2.26. The maximum Gasteiger partial charge on any atom is 0.257 e. The summed E-state index contributed by atoms with van der Waals surface area (Å²) in [7, 11) is 0. The molecule has 1 aliphatic heterocycles. The zero-order valence-electron chi connectivity index (χ0n) is 11.3. The van der Waals surface area contributed by atoms with Gasteiger partial charge in [-0.3, -0.25) is 4.79 Å². The van der Waals surface area contributed by atoms with Crippen molar-refractivity contribution in [3.05, 3.63) is 22.6 Å². The second-order valence-corrected chi connectivity index (χ2v) is 5.89. The zero-order valence-corrected chi connectivity index (χ0v) is 12.8. The van der Waals surface area contributed by atoms with E-state index in [4.69, 9.17) is 4.42 Å². The predicted octanol–water partition coefficient (Wildman–Crippen LogP) is 3.45. The Bertz CT molecular complexity index is 453. The van der Waals surface area contributed by atoms with Gasteiger partial charge in [0.05, 0.1) is 5.56 Å². The SMILES string of the molecule is Cc1oc(C)c(C(=O)N2CCC(CCBr)C2)c1C. The zero-order chi connectivity index (χ0) is 13.3. The van der Waals surface area contributed by atoms with E-state index in [1.807, 2.05) is 25.7 Å². The molecule has 0 spiro atoms. The van der Waals surface area contributed by atoms with E-state index in [0.717, 1.165) is 53.9 Å². The lowest BCUT2D eigenvalue weighted by atomic mass is 10.1. The van der Waals surface area contributed by atoms with E-state index < -0.39 is 0 Å². The van der Waals surface area contributed by atoms with Crippen LogP contribution in [-0.2, 0) is 0 Å². The number of furan rings is 1. The Balaban J connectivity index is 2.13. The second kappa shape index (κ2) is 5.47. The number of halogens is 1. The first-order chi connectivity index (χ1) is 8.54. The first-order valence-electron chi connectivity index (χ1n) is 6.46. The normalized spacial score (nSPS) is 19.6. The number of carbonyl (C=O) groups excluding carboxylic acids is 1. The van der Waals surface area contributed by atoms with Crippen LogP contribution in [0.3, 0.4) is 0 Å². The lowest BCUT2D eigenvalue weighted by molar-refractivity contribution is 0.0784. The largest absolute Gasteiger partial charge is 0.466 e. The molecule has 1 aromatic rings. The van der Waals surface area contributed by atoms with Crippen LogP contribution in [0.15, 0.2) is 4.42 Å². The summed E-state index contributed by atoms with van der Waals surface area (Å²) >= 11 is 3.47. The van der Waals surface area contributed by atoms with Crippen LogP contribution in [0.4, 0.5) is 0 Å². The van der Waals surface area contributed by atoms with E-state index in [-0.39, 0.29) is 5.91 Å². The van der Waals surface area contributed by atoms with Crippen molar-refractivity contribution in [2.75, 3.05) is 18.4 Å². The molecule has 18 heavy (non-hydrogen) atoms. The van der Waals surface area contributed by atoms with Crippen LogP contribution in [0.2, 0.25) is 0 Å². The van der Waals surface area contributed by atoms with Crippen molar-refractivity contribution in [1.29, 1.82) is 0 Å². The average Bonchev–Trinajstić information content (AvgIpc) is 2.86. The van der Waals surface area contributed by atoms with E-state index in [2.05, 4.69) is 15.9 Å². The molecule has 1 aliphatic rings. The first kappa shape index (κ1) is 13.7. The third-order valence-electron chi connectivity index (χ3n) is 3.87. The fraction of sp³-hybridized carbons (Fsp3) is 0.643. The molecular weight excluding hydrogens is 294 g/mol. The molecule has 4 heteroatoms. The monoisotopic (exact) mass is 313 g/mol. The number of amides is 1. The summed E-state index contributed by atoms with van der Waals surface area (Å²) in [6.07, 6.45) is 2.26. The summed E-state index contributed by atoms with van der Waals surface area (Å²) in [6, 6.07) is 0. The quantitative estimate of drug-likeness (QED) is 0.801. The molecule has 1 amide bonds. The van der Waals surface area contributed by atoms with E-state index in [0.29, 0.717) is 5.92 Å². The predicted molar refractivity (Wildman–Crippen MR) is 75.3 cm³/mol. The molecule has 1 saturated heterocycles. The van der Waals surface area contributed by atoms with Gasteiger partial charge >= 0.3 is 0 Å². The topological polar surface area (TPSA) is 33.5 Å². The van der Waals surface area contributed by atoms with E-state index in [1.165, 1.54) is 0 Å². The summed E-state index contributed by atoms with van der Waals surface area (Å²) < 4.78 is 5.55. The molecular formula is C14H20BrNO2. The molecule has 0 N–H and O–H groups in total.